The maximum atomic E-state index is 13.9. The number of nitrogens with zero attached hydrogens (tertiary/aromatic N) is 2. The normalized spacial score (nSPS) is 14.9. The van der Waals surface area contributed by atoms with Crippen molar-refractivity contribution in [2.75, 3.05) is 20.8 Å². The summed E-state index contributed by atoms with van der Waals surface area (Å²) in [4.78, 5) is 32.7. The van der Waals surface area contributed by atoms with Crippen molar-refractivity contribution in [3.8, 4) is 17.2 Å². The Balaban J connectivity index is 1.80. The number of carbonyl (C=O) groups excluding carboxylic acids is 1. The van der Waals surface area contributed by atoms with E-state index in [-0.39, 0.29) is 23.5 Å². The number of esters is 1. The fourth-order valence-electron chi connectivity index (χ4n) is 4.48. The summed E-state index contributed by atoms with van der Waals surface area (Å²) in [5, 5.41) is 9.97. The average Bonchev–Trinajstić information content (AvgIpc) is 3.28. The fraction of sp³-hybridized carbons (Fsp3) is 0.167. The monoisotopic (exact) mass is 542 g/mol. The standard InChI is InChI=1S/C30H26N2O6S/c1-4-38-29(35)25-26(19-8-6-5-7-9-19)31-30-32(27(25)20-11-13-21(36-2)14-12-20)28(34)24(39-30)17-18-10-15-22(33)23(16-18)37-3/h5-17,27,33H,4H2,1-3H3/b24-17-/t27-/m1/s1. The molecule has 1 N–H and O–H groups in total. The van der Waals surface area contributed by atoms with Gasteiger partial charge in [0.1, 0.15) is 5.75 Å². The van der Waals surface area contributed by atoms with Crippen molar-refractivity contribution in [1.82, 2.24) is 4.57 Å². The molecular weight excluding hydrogens is 516 g/mol. The van der Waals surface area contributed by atoms with Gasteiger partial charge in [-0.05, 0) is 48.4 Å². The summed E-state index contributed by atoms with van der Waals surface area (Å²) in [5.41, 5.74) is 2.54. The van der Waals surface area contributed by atoms with Gasteiger partial charge < -0.3 is 19.3 Å². The predicted octanol–water partition coefficient (Wildman–Crippen LogP) is 3.66. The molecule has 0 radical (unpaired) electrons. The fourth-order valence-corrected chi connectivity index (χ4v) is 5.48. The quantitative estimate of drug-likeness (QED) is 0.358. The number of aromatic nitrogens is 1. The Morgan fingerprint density at radius 3 is 2.46 bits per heavy atom. The second kappa shape index (κ2) is 11.0. The number of phenols is 1. The molecule has 5 rings (SSSR count). The van der Waals surface area contributed by atoms with Crippen LogP contribution in [0.15, 0.2) is 88.2 Å². The van der Waals surface area contributed by atoms with Crippen LogP contribution >= 0.6 is 11.3 Å². The van der Waals surface area contributed by atoms with Gasteiger partial charge in [-0.3, -0.25) is 9.36 Å². The maximum absolute atomic E-state index is 13.9. The largest absolute Gasteiger partial charge is 0.504 e. The number of methoxy groups -OCH3 is 2. The lowest BCUT2D eigenvalue weighted by atomic mass is 9.93. The van der Waals surface area contributed by atoms with Crippen LogP contribution in [0.5, 0.6) is 17.2 Å². The number of thiazole rings is 1. The van der Waals surface area contributed by atoms with Crippen molar-refractivity contribution >= 4 is 29.1 Å². The number of benzene rings is 3. The van der Waals surface area contributed by atoms with E-state index in [4.69, 9.17) is 19.2 Å². The zero-order chi connectivity index (χ0) is 27.5. The van der Waals surface area contributed by atoms with Gasteiger partial charge in [0, 0.05) is 5.56 Å². The third-order valence-electron chi connectivity index (χ3n) is 6.31. The SMILES string of the molecule is CCOC(=O)C1=C(c2ccccc2)N=c2s/c(=C\c3ccc(O)c(OC)c3)c(=O)n2[C@@H]1c1ccc(OC)cc1. The van der Waals surface area contributed by atoms with Gasteiger partial charge >= 0.3 is 5.97 Å². The molecule has 0 fully saturated rings. The maximum Gasteiger partial charge on any atom is 0.338 e. The van der Waals surface area contributed by atoms with E-state index in [2.05, 4.69) is 0 Å². The zero-order valence-corrected chi connectivity index (χ0v) is 22.4. The lowest BCUT2D eigenvalue weighted by Gasteiger charge is -2.26. The predicted molar refractivity (Wildman–Crippen MR) is 149 cm³/mol. The molecule has 1 aliphatic rings. The van der Waals surface area contributed by atoms with Crippen molar-refractivity contribution in [1.29, 1.82) is 0 Å². The lowest BCUT2D eigenvalue weighted by molar-refractivity contribution is -0.138. The van der Waals surface area contributed by atoms with Crippen molar-refractivity contribution in [3.63, 3.8) is 0 Å². The number of ether oxygens (including phenoxy) is 3. The zero-order valence-electron chi connectivity index (χ0n) is 21.6. The molecule has 1 aliphatic heterocycles. The summed E-state index contributed by atoms with van der Waals surface area (Å²) in [6.07, 6.45) is 1.72. The Morgan fingerprint density at radius 2 is 1.79 bits per heavy atom. The van der Waals surface area contributed by atoms with Crippen LogP contribution in [-0.2, 0) is 9.53 Å². The molecule has 1 aromatic heterocycles. The van der Waals surface area contributed by atoms with Gasteiger partial charge in [0.15, 0.2) is 16.3 Å². The molecule has 8 nitrogen and oxygen atoms in total. The van der Waals surface area contributed by atoms with Crippen molar-refractivity contribution in [2.24, 2.45) is 4.99 Å². The van der Waals surface area contributed by atoms with Gasteiger partial charge in [-0.15, -0.1) is 0 Å². The molecule has 2 heterocycles. The second-order valence-electron chi connectivity index (χ2n) is 8.64. The minimum absolute atomic E-state index is 0.00203. The highest BCUT2D eigenvalue weighted by molar-refractivity contribution is 7.07. The number of fused-ring (bicyclic) bond motifs is 1. The molecule has 0 aliphatic carbocycles. The van der Waals surface area contributed by atoms with Crippen molar-refractivity contribution < 1.29 is 24.1 Å². The molecule has 0 amide bonds. The first kappa shape index (κ1) is 26.0. The Labute approximate surface area is 228 Å². The Kier molecular flexibility index (Phi) is 7.33. The second-order valence-corrected chi connectivity index (χ2v) is 9.65. The third-order valence-corrected chi connectivity index (χ3v) is 7.29. The minimum Gasteiger partial charge on any atom is -0.504 e. The summed E-state index contributed by atoms with van der Waals surface area (Å²) >= 11 is 1.22. The first-order valence-electron chi connectivity index (χ1n) is 12.2. The van der Waals surface area contributed by atoms with Crippen LogP contribution in [0.3, 0.4) is 0 Å². The van der Waals surface area contributed by atoms with Crippen molar-refractivity contribution in [3.05, 3.63) is 115 Å². The Hall–Kier alpha value is -4.63. The molecule has 4 aromatic rings. The highest BCUT2D eigenvalue weighted by Gasteiger charge is 2.35. The first-order chi connectivity index (χ1) is 18.9. The Morgan fingerprint density at radius 1 is 1.05 bits per heavy atom. The summed E-state index contributed by atoms with van der Waals surface area (Å²) in [6.45, 7) is 1.91. The number of carbonyl (C=O) groups is 1. The van der Waals surface area contributed by atoms with Gasteiger partial charge in [0.2, 0.25) is 0 Å². The summed E-state index contributed by atoms with van der Waals surface area (Å²) in [7, 11) is 3.04. The van der Waals surface area contributed by atoms with Crippen LogP contribution in [0.2, 0.25) is 0 Å². The number of hydrogen-bond acceptors (Lipinski definition) is 8. The molecule has 0 saturated carbocycles. The molecule has 39 heavy (non-hydrogen) atoms. The lowest BCUT2D eigenvalue weighted by Crippen LogP contribution is -2.40. The van der Waals surface area contributed by atoms with Crippen LogP contribution in [0.25, 0.3) is 11.8 Å². The van der Waals surface area contributed by atoms with Crippen LogP contribution < -0.4 is 24.4 Å². The molecule has 9 heteroatoms. The van der Waals surface area contributed by atoms with Crippen LogP contribution in [0, 0.1) is 0 Å². The number of phenolic OH excluding ortho intramolecular Hbond substituents is 1. The molecule has 0 saturated heterocycles. The highest BCUT2D eigenvalue weighted by atomic mass is 32.1. The molecule has 1 atom stereocenters. The van der Waals surface area contributed by atoms with Crippen LogP contribution in [-0.4, -0.2) is 36.5 Å². The first-order valence-corrected chi connectivity index (χ1v) is 13.1. The van der Waals surface area contributed by atoms with E-state index in [1.54, 1.807) is 44.4 Å². The van der Waals surface area contributed by atoms with Gasteiger partial charge in [0.25, 0.3) is 5.56 Å². The molecule has 3 aromatic carbocycles. The molecule has 0 spiro atoms. The van der Waals surface area contributed by atoms with Crippen LogP contribution in [0.4, 0.5) is 0 Å². The van der Waals surface area contributed by atoms with Crippen LogP contribution in [0.1, 0.15) is 29.7 Å². The van der Waals surface area contributed by atoms with E-state index < -0.39 is 12.0 Å². The topological polar surface area (TPSA) is 99.4 Å². The van der Waals surface area contributed by atoms with Gasteiger partial charge in [0.05, 0.1) is 42.7 Å². The highest BCUT2D eigenvalue weighted by Crippen LogP contribution is 2.35. The number of rotatable bonds is 7. The minimum atomic E-state index is -0.780. The Bertz CT molecular complexity index is 1740. The summed E-state index contributed by atoms with van der Waals surface area (Å²) < 4.78 is 18.0. The van der Waals surface area contributed by atoms with Gasteiger partial charge in [-0.1, -0.05) is 59.9 Å². The summed E-state index contributed by atoms with van der Waals surface area (Å²) in [5.74, 6) is 0.404. The molecule has 0 unspecified atom stereocenters. The average molecular weight is 543 g/mol. The van der Waals surface area contributed by atoms with Gasteiger partial charge in [-0.2, -0.15) is 0 Å². The number of aromatic hydroxyl groups is 1. The van der Waals surface area contributed by atoms with E-state index in [9.17, 15) is 14.7 Å². The third kappa shape index (κ3) is 4.96. The van der Waals surface area contributed by atoms with E-state index in [1.807, 2.05) is 42.5 Å². The smallest absolute Gasteiger partial charge is 0.338 e. The molecule has 0 bridgehead atoms. The van der Waals surface area contributed by atoms with Crippen molar-refractivity contribution in [2.45, 2.75) is 13.0 Å². The molecule has 198 valence electrons. The molecular formula is C30H26N2O6S. The van der Waals surface area contributed by atoms with E-state index in [1.165, 1.54) is 29.1 Å². The van der Waals surface area contributed by atoms with E-state index in [0.29, 0.717) is 37.7 Å². The summed E-state index contributed by atoms with van der Waals surface area (Å²) in [6, 6.07) is 20.7. The van der Waals surface area contributed by atoms with E-state index in [0.717, 1.165) is 5.56 Å². The van der Waals surface area contributed by atoms with Gasteiger partial charge in [-0.25, -0.2) is 9.79 Å². The van der Waals surface area contributed by atoms with E-state index >= 15 is 0 Å². The number of hydrogen-bond donors (Lipinski definition) is 1.